The predicted octanol–water partition coefficient (Wildman–Crippen LogP) is 0.907. The topological polar surface area (TPSA) is 131 Å². The predicted molar refractivity (Wildman–Crippen MR) is 104 cm³/mol. The lowest BCUT2D eigenvalue weighted by Gasteiger charge is -2.29. The van der Waals surface area contributed by atoms with Gasteiger partial charge in [0.05, 0.1) is 0 Å². The van der Waals surface area contributed by atoms with E-state index in [1.165, 1.54) is 11.8 Å². The molecule has 28 heavy (non-hydrogen) atoms. The summed E-state index contributed by atoms with van der Waals surface area (Å²) in [7, 11) is 0. The van der Waals surface area contributed by atoms with Gasteiger partial charge in [0, 0.05) is 6.54 Å². The van der Waals surface area contributed by atoms with E-state index in [-0.39, 0.29) is 5.92 Å². The number of primary amides is 1. The Hall–Kier alpha value is -2.32. The Kier molecular flexibility index (Phi) is 8.26. The summed E-state index contributed by atoms with van der Waals surface area (Å²) in [5, 5.41) is 5.24. The van der Waals surface area contributed by atoms with Gasteiger partial charge in [0.1, 0.15) is 23.7 Å². The Bertz CT molecular complexity index is 600. The number of carbonyl (C=O) groups excluding carboxylic acids is 4. The van der Waals surface area contributed by atoms with Crippen molar-refractivity contribution in [1.82, 2.24) is 15.5 Å². The van der Waals surface area contributed by atoms with Crippen LogP contribution in [0.3, 0.4) is 0 Å². The first kappa shape index (κ1) is 23.7. The fourth-order valence-corrected chi connectivity index (χ4v) is 2.93. The molecule has 0 bridgehead atoms. The number of rotatable bonds is 7. The average molecular weight is 399 g/mol. The van der Waals surface area contributed by atoms with Crippen LogP contribution in [0.2, 0.25) is 0 Å². The van der Waals surface area contributed by atoms with E-state index >= 15 is 0 Å². The molecule has 0 aromatic heterocycles. The lowest BCUT2D eigenvalue weighted by atomic mass is 10.0. The highest BCUT2D eigenvalue weighted by molar-refractivity contribution is 5.93. The molecular formula is C19H34N4O5. The van der Waals surface area contributed by atoms with E-state index in [9.17, 15) is 19.2 Å². The minimum absolute atomic E-state index is 0.130. The second-order valence-corrected chi connectivity index (χ2v) is 8.66. The summed E-state index contributed by atoms with van der Waals surface area (Å²) in [4.78, 5) is 50.3. The molecule has 9 heteroatoms. The van der Waals surface area contributed by atoms with Gasteiger partial charge >= 0.3 is 6.09 Å². The maximum Gasteiger partial charge on any atom is 0.410 e. The number of hydrogen-bond acceptors (Lipinski definition) is 5. The Morgan fingerprint density at radius 1 is 1.14 bits per heavy atom. The Morgan fingerprint density at radius 2 is 1.75 bits per heavy atom. The van der Waals surface area contributed by atoms with Gasteiger partial charge in [0.2, 0.25) is 17.7 Å². The van der Waals surface area contributed by atoms with Crippen LogP contribution in [-0.2, 0) is 19.1 Å². The summed E-state index contributed by atoms with van der Waals surface area (Å²) < 4.78 is 5.37. The first-order chi connectivity index (χ1) is 12.8. The third-order valence-corrected chi connectivity index (χ3v) is 4.31. The van der Waals surface area contributed by atoms with Crippen LogP contribution >= 0.6 is 0 Å². The van der Waals surface area contributed by atoms with E-state index < -0.39 is 47.5 Å². The van der Waals surface area contributed by atoms with Gasteiger partial charge in [-0.15, -0.1) is 0 Å². The maximum atomic E-state index is 12.8. The van der Waals surface area contributed by atoms with E-state index in [4.69, 9.17) is 10.5 Å². The van der Waals surface area contributed by atoms with Gasteiger partial charge in [-0.1, -0.05) is 13.8 Å². The van der Waals surface area contributed by atoms with Gasteiger partial charge in [-0.25, -0.2) is 4.79 Å². The molecule has 0 saturated carbocycles. The molecule has 0 aromatic rings. The van der Waals surface area contributed by atoms with E-state index in [2.05, 4.69) is 10.6 Å². The van der Waals surface area contributed by atoms with Crippen LogP contribution in [0.15, 0.2) is 0 Å². The zero-order valence-corrected chi connectivity index (χ0v) is 17.7. The summed E-state index contributed by atoms with van der Waals surface area (Å²) >= 11 is 0. The summed E-state index contributed by atoms with van der Waals surface area (Å²) in [6.45, 7) is 11.0. The number of nitrogens with zero attached hydrogens (tertiary/aromatic N) is 1. The van der Waals surface area contributed by atoms with Crippen molar-refractivity contribution in [2.75, 3.05) is 6.54 Å². The molecule has 0 aliphatic carbocycles. The van der Waals surface area contributed by atoms with Crippen LogP contribution in [-0.4, -0.2) is 59.0 Å². The highest BCUT2D eigenvalue weighted by Gasteiger charge is 2.38. The van der Waals surface area contributed by atoms with Crippen LogP contribution in [0.1, 0.15) is 60.8 Å². The van der Waals surface area contributed by atoms with Crippen LogP contribution in [0, 0.1) is 5.92 Å². The first-order valence-corrected chi connectivity index (χ1v) is 9.71. The number of nitrogens with one attached hydrogen (secondary N) is 2. The monoisotopic (exact) mass is 398 g/mol. The molecule has 1 rings (SSSR count). The van der Waals surface area contributed by atoms with Crippen LogP contribution < -0.4 is 16.4 Å². The van der Waals surface area contributed by atoms with Gasteiger partial charge in [-0.2, -0.15) is 0 Å². The van der Waals surface area contributed by atoms with Crippen molar-refractivity contribution in [3.8, 4) is 0 Å². The summed E-state index contributed by atoms with van der Waals surface area (Å²) in [6.07, 6.45) is 1.02. The number of carbonyl (C=O) groups is 4. The van der Waals surface area contributed by atoms with E-state index in [0.717, 1.165) is 0 Å². The van der Waals surface area contributed by atoms with Crippen molar-refractivity contribution in [3.63, 3.8) is 0 Å². The van der Waals surface area contributed by atoms with Crippen molar-refractivity contribution in [2.24, 2.45) is 11.7 Å². The van der Waals surface area contributed by atoms with Gasteiger partial charge < -0.3 is 21.1 Å². The number of nitrogens with two attached hydrogens (primary N) is 1. The molecule has 1 fully saturated rings. The highest BCUT2D eigenvalue weighted by atomic mass is 16.6. The second-order valence-electron chi connectivity index (χ2n) is 8.66. The minimum atomic E-state index is -0.844. The summed E-state index contributed by atoms with van der Waals surface area (Å²) in [6, 6.07) is -2.36. The maximum absolute atomic E-state index is 12.8. The van der Waals surface area contributed by atoms with E-state index in [1.807, 2.05) is 13.8 Å². The molecule has 1 aliphatic rings. The summed E-state index contributed by atoms with van der Waals surface area (Å²) in [5.41, 5.74) is 4.53. The van der Waals surface area contributed by atoms with E-state index in [1.54, 1.807) is 20.8 Å². The lowest BCUT2D eigenvalue weighted by molar-refractivity contribution is -0.133. The molecule has 0 radical (unpaired) electrons. The minimum Gasteiger partial charge on any atom is -0.444 e. The molecule has 4 amide bonds. The molecule has 9 nitrogen and oxygen atoms in total. The van der Waals surface area contributed by atoms with E-state index in [0.29, 0.717) is 25.8 Å². The van der Waals surface area contributed by atoms with Crippen molar-refractivity contribution >= 4 is 23.8 Å². The molecule has 160 valence electrons. The quantitative estimate of drug-likeness (QED) is 0.586. The zero-order valence-electron chi connectivity index (χ0n) is 17.7. The van der Waals surface area contributed by atoms with Crippen molar-refractivity contribution < 1.29 is 23.9 Å². The van der Waals surface area contributed by atoms with Crippen molar-refractivity contribution in [3.05, 3.63) is 0 Å². The van der Waals surface area contributed by atoms with Crippen LogP contribution in [0.25, 0.3) is 0 Å². The largest absolute Gasteiger partial charge is 0.444 e. The van der Waals surface area contributed by atoms with Gasteiger partial charge in [0.15, 0.2) is 0 Å². The molecular weight excluding hydrogens is 364 g/mol. The second kappa shape index (κ2) is 9.75. The smallest absolute Gasteiger partial charge is 0.410 e. The summed E-state index contributed by atoms with van der Waals surface area (Å²) in [5.74, 6) is -1.41. The molecule has 1 aliphatic heterocycles. The average Bonchev–Trinajstić information content (AvgIpc) is 3.01. The number of amides is 4. The fourth-order valence-electron chi connectivity index (χ4n) is 2.93. The normalized spacial score (nSPS) is 19.1. The number of likely N-dealkylation sites (tertiary alicyclic amines) is 1. The first-order valence-electron chi connectivity index (χ1n) is 9.71. The van der Waals surface area contributed by atoms with Crippen molar-refractivity contribution in [2.45, 2.75) is 84.5 Å². The Labute approximate surface area is 166 Å². The lowest BCUT2D eigenvalue weighted by Crippen LogP contribution is -2.56. The third-order valence-electron chi connectivity index (χ3n) is 4.31. The standard InChI is InChI=1S/C19H34N4O5/c1-11(2)10-13(16(25)21-12(3)15(20)24)22-17(26)14-8-7-9-23(14)18(27)28-19(4,5)6/h11-14H,7-10H2,1-6H3,(H2,20,24)(H,21,25)(H,22,26). The highest BCUT2D eigenvalue weighted by Crippen LogP contribution is 2.21. The van der Waals surface area contributed by atoms with Crippen molar-refractivity contribution in [1.29, 1.82) is 0 Å². The molecule has 4 N–H and O–H groups in total. The molecule has 3 atom stereocenters. The SMILES string of the molecule is CC(C)CC(NC(=O)C1CCCN1C(=O)OC(C)(C)C)C(=O)NC(C)C(N)=O. The molecule has 1 heterocycles. The van der Waals surface area contributed by atoms with Crippen LogP contribution in [0.5, 0.6) is 0 Å². The van der Waals surface area contributed by atoms with Gasteiger partial charge in [0.25, 0.3) is 0 Å². The molecule has 0 aromatic carbocycles. The Balaban J connectivity index is 2.84. The molecule has 0 spiro atoms. The zero-order chi connectivity index (χ0) is 21.6. The third kappa shape index (κ3) is 7.36. The van der Waals surface area contributed by atoms with Gasteiger partial charge in [-0.05, 0) is 52.9 Å². The van der Waals surface area contributed by atoms with Crippen LogP contribution in [0.4, 0.5) is 4.79 Å². The number of ether oxygens (including phenoxy) is 1. The number of hydrogen-bond donors (Lipinski definition) is 3. The molecule has 3 unspecified atom stereocenters. The fraction of sp³-hybridized carbons (Fsp3) is 0.789. The molecule has 1 saturated heterocycles. The Morgan fingerprint density at radius 3 is 2.25 bits per heavy atom. The van der Waals surface area contributed by atoms with Gasteiger partial charge in [-0.3, -0.25) is 19.3 Å².